The van der Waals surface area contributed by atoms with Crippen LogP contribution < -0.4 is 0 Å². The molecule has 18 aromatic carbocycles. The van der Waals surface area contributed by atoms with Gasteiger partial charge < -0.3 is 18.0 Å². The summed E-state index contributed by atoms with van der Waals surface area (Å²) in [5, 5.41) is 8.77. The van der Waals surface area contributed by atoms with E-state index in [1.165, 1.54) is 32.6 Å². The van der Waals surface area contributed by atoms with Gasteiger partial charge in [-0.2, -0.15) is 0 Å². The highest BCUT2D eigenvalue weighted by molar-refractivity contribution is 6.20. The molecule has 0 radical (unpaired) electrons. The van der Waals surface area contributed by atoms with Crippen LogP contribution in [0.2, 0.25) is 0 Å². The lowest BCUT2D eigenvalue weighted by atomic mass is 9.94. The lowest BCUT2D eigenvalue weighted by molar-refractivity contribution is 0.635. The van der Waals surface area contributed by atoms with Crippen LogP contribution in [-0.2, 0) is 0 Å². The maximum atomic E-state index is 7.09. The molecule has 0 aliphatic heterocycles. The van der Waals surface area contributed by atoms with Crippen LogP contribution in [0.25, 0.3) is 256 Å². The van der Waals surface area contributed by atoms with Gasteiger partial charge in [0.1, 0.15) is 22.7 Å². The molecular weight excluding hydrogens is 1660 g/mol. The Labute approximate surface area is 783 Å². The van der Waals surface area contributed by atoms with E-state index < -0.39 is 0 Å². The zero-order valence-corrected chi connectivity index (χ0v) is 73.5. The maximum Gasteiger partial charge on any atom is 0.164 e. The van der Waals surface area contributed by atoms with E-state index in [-0.39, 0.29) is 0 Å². The number of aromatic nitrogens is 9. The van der Waals surface area contributed by atoms with Crippen LogP contribution in [-0.4, -0.2) is 44.0 Å². The van der Waals surface area contributed by atoms with Gasteiger partial charge in [0, 0.05) is 110 Å². The molecule has 11 heteroatoms. The average molecular weight is 1740 g/mol. The molecule has 0 saturated heterocycles. The molecule has 0 unspecified atom stereocenters. The third-order valence-electron chi connectivity index (χ3n) is 25.9. The van der Waals surface area contributed by atoms with Crippen molar-refractivity contribution >= 4 is 87.4 Å². The molecule has 0 bridgehead atoms. The van der Waals surface area contributed by atoms with Gasteiger partial charge in [0.05, 0.1) is 66.6 Å². The van der Waals surface area contributed by atoms with Crippen molar-refractivity contribution in [2.45, 2.75) is 0 Å². The van der Waals surface area contributed by atoms with Crippen LogP contribution >= 0.6 is 0 Å². The average Bonchev–Trinajstić information content (AvgIpc) is 1.56. The first-order valence-corrected chi connectivity index (χ1v) is 45.7. The molecule has 11 nitrogen and oxygen atoms in total. The van der Waals surface area contributed by atoms with Crippen molar-refractivity contribution in [1.82, 2.24) is 44.0 Å². The van der Waals surface area contributed by atoms with Crippen LogP contribution in [0.1, 0.15) is 0 Å². The quantitative estimate of drug-likeness (QED) is 0.0929. The summed E-state index contributed by atoms with van der Waals surface area (Å²) in [5.74, 6) is 4.13. The van der Waals surface area contributed by atoms with E-state index >= 15 is 0 Å². The van der Waals surface area contributed by atoms with Gasteiger partial charge in [-0.3, -0.25) is 0 Å². The normalized spacial score (nSPS) is 11.5. The van der Waals surface area contributed by atoms with Gasteiger partial charge in [-0.1, -0.05) is 400 Å². The first kappa shape index (κ1) is 79.7. The van der Waals surface area contributed by atoms with Gasteiger partial charge in [0.25, 0.3) is 0 Å². The molecular formula is C125H79N9O2. The molecule has 0 amide bonds. The number of para-hydroxylation sites is 4. The first-order valence-electron chi connectivity index (χ1n) is 45.7. The Balaban J connectivity index is 0.000000145. The number of pyridine rings is 2. The van der Waals surface area contributed by atoms with Gasteiger partial charge in [-0.05, 0) is 112 Å². The standard InChI is InChI=1S/C63H40N4O.C62H39N5O/c1-5-18-43(19-6-1)58-59-60(44-20-7-2-8-21-44)64-53-37-36-47(39-52(53)62(59)68-61(58)45-22-9-3-10-23-45)41-32-34-42(35-33-41)54-40-55(66-63(65-54)46-24-11-4-12-25-46)48-26-17-27-49(38-48)67-56-30-15-13-28-50(56)51-29-14-16-31-57(51)67;1-5-18-41(19-6-1)55-56-57(42-20-7-2-8-21-42)63-52-37-36-46(39-51(52)59(56)68-58(55)43-22-9-3-10-23-43)40-32-34-45(35-33-40)61-64-60(44-24-11-4-12-25-44)65-62(66-61)47-26-17-27-48(38-47)67-53-30-15-13-28-49(53)50-29-14-16-31-54(50)67/h1-40H;1-39H. The Kier molecular flexibility index (Phi) is 20.0. The predicted octanol–water partition coefficient (Wildman–Crippen LogP) is 32.5. The van der Waals surface area contributed by atoms with E-state index in [9.17, 15) is 0 Å². The molecule has 0 atom stereocenters. The number of benzene rings is 18. The molecule has 0 saturated carbocycles. The fourth-order valence-electron chi connectivity index (χ4n) is 19.4. The second-order valence-corrected chi connectivity index (χ2v) is 34.1. The summed E-state index contributed by atoms with van der Waals surface area (Å²) >= 11 is 0. The van der Waals surface area contributed by atoms with Crippen molar-refractivity contribution in [3.63, 3.8) is 0 Å². The summed E-state index contributed by atoms with van der Waals surface area (Å²) in [4.78, 5) is 36.5. The van der Waals surface area contributed by atoms with Crippen molar-refractivity contribution in [2.75, 3.05) is 0 Å². The monoisotopic (exact) mass is 1740 g/mol. The molecule has 26 aromatic rings. The third-order valence-corrected chi connectivity index (χ3v) is 25.9. The van der Waals surface area contributed by atoms with Crippen LogP contribution in [0, 0.1) is 0 Å². The Morgan fingerprint density at radius 1 is 0.169 bits per heavy atom. The minimum absolute atomic E-state index is 0.595. The lowest BCUT2D eigenvalue weighted by Gasteiger charge is -2.13. The van der Waals surface area contributed by atoms with Gasteiger partial charge in [-0.15, -0.1) is 0 Å². The van der Waals surface area contributed by atoms with Crippen molar-refractivity contribution in [2.24, 2.45) is 0 Å². The largest absolute Gasteiger partial charge is 0.455 e. The number of nitrogens with zero attached hydrogens (tertiary/aromatic N) is 9. The molecule has 0 spiro atoms. The zero-order chi connectivity index (χ0) is 89.9. The molecule has 26 rings (SSSR count). The Morgan fingerprint density at radius 3 is 0.838 bits per heavy atom. The molecule has 0 N–H and O–H groups in total. The Bertz CT molecular complexity index is 8410. The molecule has 8 aromatic heterocycles. The van der Waals surface area contributed by atoms with Crippen LogP contribution in [0.4, 0.5) is 0 Å². The fourth-order valence-corrected chi connectivity index (χ4v) is 19.4. The van der Waals surface area contributed by atoms with Crippen molar-refractivity contribution in [1.29, 1.82) is 0 Å². The predicted molar refractivity (Wildman–Crippen MR) is 557 cm³/mol. The van der Waals surface area contributed by atoms with Crippen molar-refractivity contribution in [3.05, 3.63) is 479 Å². The van der Waals surface area contributed by atoms with Crippen LogP contribution in [0.5, 0.6) is 0 Å². The van der Waals surface area contributed by atoms with E-state index in [1.54, 1.807) is 0 Å². The Morgan fingerprint density at radius 2 is 0.449 bits per heavy atom. The summed E-state index contributed by atoms with van der Waals surface area (Å²) in [6.07, 6.45) is 0. The molecule has 8 heterocycles. The van der Waals surface area contributed by atoms with Crippen LogP contribution in [0.15, 0.2) is 488 Å². The summed E-state index contributed by atoms with van der Waals surface area (Å²) in [7, 11) is 0. The van der Waals surface area contributed by atoms with Gasteiger partial charge in [0.15, 0.2) is 23.3 Å². The summed E-state index contributed by atoms with van der Waals surface area (Å²) < 4.78 is 18.8. The van der Waals surface area contributed by atoms with E-state index in [0.717, 1.165) is 201 Å². The summed E-state index contributed by atoms with van der Waals surface area (Å²) in [5.41, 5.74) is 31.8. The minimum atomic E-state index is 0.595. The number of fused-ring (bicyclic) bond motifs is 12. The second-order valence-electron chi connectivity index (χ2n) is 34.1. The minimum Gasteiger partial charge on any atom is -0.455 e. The van der Waals surface area contributed by atoms with E-state index in [2.05, 4.69) is 410 Å². The van der Waals surface area contributed by atoms with Crippen molar-refractivity contribution in [3.8, 4) is 169 Å². The first-order chi connectivity index (χ1) is 67.4. The van der Waals surface area contributed by atoms with Gasteiger partial charge in [-0.25, -0.2) is 34.9 Å². The van der Waals surface area contributed by atoms with E-state index in [4.69, 9.17) is 43.7 Å². The smallest absolute Gasteiger partial charge is 0.164 e. The highest BCUT2D eigenvalue weighted by atomic mass is 16.3. The summed E-state index contributed by atoms with van der Waals surface area (Å²) in [6.45, 7) is 0. The molecule has 636 valence electrons. The number of hydrogen-bond acceptors (Lipinski definition) is 9. The zero-order valence-electron chi connectivity index (χ0n) is 73.5. The van der Waals surface area contributed by atoms with Gasteiger partial charge >= 0.3 is 0 Å². The lowest BCUT2D eigenvalue weighted by Crippen LogP contribution is -2.01. The number of furan rings is 2. The third kappa shape index (κ3) is 14.5. The SMILES string of the molecule is c1ccc(-c2nc(-c3ccc(-c4ccc5nc(-c6ccccc6)c6c(-c7ccccc7)c(-c7ccccc7)oc6c5c4)cc3)cc(-c3cccc(-n4c5ccccc5c5ccccc54)c3)n2)cc1.c1ccc(-c2nc(-c3ccc(-c4ccc5nc(-c6ccccc6)c6c(-c7ccccc7)c(-c7ccccc7)oc6c5c4)cc3)nc(-c3cccc(-n4c5ccccc5c5ccccc54)c3)n2)cc1. The maximum absolute atomic E-state index is 7.09. The number of hydrogen-bond donors (Lipinski definition) is 0. The summed E-state index contributed by atoms with van der Waals surface area (Å²) in [6, 6.07) is 167. The molecule has 136 heavy (non-hydrogen) atoms. The molecule has 0 fully saturated rings. The Hall–Kier alpha value is -18.5. The second kappa shape index (κ2) is 34.1. The highest BCUT2D eigenvalue weighted by Gasteiger charge is 2.29. The van der Waals surface area contributed by atoms with E-state index in [1.807, 2.05) is 78.9 Å². The molecule has 0 aliphatic carbocycles. The van der Waals surface area contributed by atoms with Gasteiger partial charge in [0.2, 0.25) is 0 Å². The topological polar surface area (TPSA) is 126 Å². The van der Waals surface area contributed by atoms with Crippen molar-refractivity contribution < 1.29 is 8.83 Å². The van der Waals surface area contributed by atoms with E-state index in [0.29, 0.717) is 23.3 Å². The fraction of sp³-hybridized carbons (Fsp3) is 0. The number of rotatable bonds is 16. The molecule has 0 aliphatic rings. The highest BCUT2D eigenvalue weighted by Crippen LogP contribution is 2.51. The van der Waals surface area contributed by atoms with Crippen LogP contribution in [0.3, 0.4) is 0 Å².